The van der Waals surface area contributed by atoms with Crippen molar-refractivity contribution in [2.75, 3.05) is 33.9 Å². The van der Waals surface area contributed by atoms with Crippen molar-refractivity contribution in [2.24, 2.45) is 0 Å². The lowest BCUT2D eigenvalue weighted by Crippen LogP contribution is -2.13. The molecule has 6 nitrogen and oxygen atoms in total. The molecule has 0 amide bonds. The standard InChI is InChI=1S/C23H34N4O2/c1-25(2)11-5-8-19-18-24-23(21-10-7-13-26(21)12-3-4-16-28)22(19)20-9-6-14-27(20)15-17-29/h6-7,9-10,13-14,18,24,28-29H,3-5,8,11-12,15-17H2,1-2H3. The Morgan fingerprint density at radius 2 is 1.62 bits per heavy atom. The third-order valence-corrected chi connectivity index (χ3v) is 5.33. The van der Waals surface area contributed by atoms with E-state index in [1.165, 1.54) is 11.1 Å². The van der Waals surface area contributed by atoms with Gasteiger partial charge in [-0.15, -0.1) is 0 Å². The van der Waals surface area contributed by atoms with Gasteiger partial charge in [0.1, 0.15) is 0 Å². The second-order valence-corrected chi connectivity index (χ2v) is 7.80. The Hall–Kier alpha value is -2.28. The number of unbranched alkanes of at least 4 members (excludes halogenated alkanes) is 1. The molecule has 0 unspecified atom stereocenters. The zero-order chi connectivity index (χ0) is 20.6. The minimum atomic E-state index is 0.120. The van der Waals surface area contributed by atoms with Gasteiger partial charge in [-0.25, -0.2) is 0 Å². The fourth-order valence-corrected chi connectivity index (χ4v) is 3.92. The van der Waals surface area contributed by atoms with Crippen LogP contribution in [0.5, 0.6) is 0 Å². The molecule has 0 aliphatic carbocycles. The summed E-state index contributed by atoms with van der Waals surface area (Å²) in [6, 6.07) is 8.41. The number of hydrogen-bond acceptors (Lipinski definition) is 3. The SMILES string of the molecule is CN(C)CCCc1c[nH]c(-c2cccn2CCCCO)c1-c1cccn1CCO. The monoisotopic (exact) mass is 398 g/mol. The van der Waals surface area contributed by atoms with Crippen LogP contribution in [0.3, 0.4) is 0 Å². The van der Waals surface area contributed by atoms with E-state index < -0.39 is 0 Å². The summed E-state index contributed by atoms with van der Waals surface area (Å²) in [5, 5.41) is 18.6. The minimum absolute atomic E-state index is 0.120. The molecule has 0 spiro atoms. The normalized spacial score (nSPS) is 11.6. The van der Waals surface area contributed by atoms with Gasteiger partial charge in [-0.05, 0) is 76.2 Å². The van der Waals surface area contributed by atoms with Gasteiger partial charge in [0.05, 0.1) is 23.7 Å². The van der Waals surface area contributed by atoms with Crippen molar-refractivity contribution in [3.63, 3.8) is 0 Å². The van der Waals surface area contributed by atoms with E-state index in [1.807, 2.05) is 12.3 Å². The second kappa shape index (κ2) is 10.5. The van der Waals surface area contributed by atoms with Crippen LogP contribution in [0, 0.1) is 0 Å². The van der Waals surface area contributed by atoms with Gasteiger partial charge in [0.2, 0.25) is 0 Å². The van der Waals surface area contributed by atoms with Gasteiger partial charge in [0, 0.05) is 43.9 Å². The Kier molecular flexibility index (Phi) is 7.75. The van der Waals surface area contributed by atoms with E-state index >= 15 is 0 Å². The van der Waals surface area contributed by atoms with Crippen LogP contribution in [0.15, 0.2) is 42.9 Å². The summed E-state index contributed by atoms with van der Waals surface area (Å²) in [7, 11) is 4.21. The van der Waals surface area contributed by atoms with Gasteiger partial charge in [0.15, 0.2) is 0 Å². The lowest BCUT2D eigenvalue weighted by Gasteiger charge is -2.14. The van der Waals surface area contributed by atoms with Crippen LogP contribution in [-0.4, -0.2) is 63.1 Å². The van der Waals surface area contributed by atoms with Crippen LogP contribution in [0.4, 0.5) is 0 Å². The van der Waals surface area contributed by atoms with Crippen LogP contribution < -0.4 is 0 Å². The van der Waals surface area contributed by atoms with E-state index in [0.29, 0.717) is 6.54 Å². The summed E-state index contributed by atoms with van der Waals surface area (Å²) in [4.78, 5) is 5.76. The molecule has 0 saturated heterocycles. The van der Waals surface area contributed by atoms with Crippen molar-refractivity contribution < 1.29 is 10.2 Å². The minimum Gasteiger partial charge on any atom is -0.396 e. The summed E-state index contributed by atoms with van der Waals surface area (Å²) in [6.45, 7) is 2.87. The molecule has 3 aromatic rings. The zero-order valence-corrected chi connectivity index (χ0v) is 17.6. The van der Waals surface area contributed by atoms with Crippen LogP contribution in [-0.2, 0) is 19.5 Å². The summed E-state index contributed by atoms with van der Waals surface area (Å²) >= 11 is 0. The number of aliphatic hydroxyl groups is 2. The van der Waals surface area contributed by atoms with Crippen molar-refractivity contribution in [1.29, 1.82) is 0 Å². The number of aliphatic hydroxyl groups excluding tert-OH is 2. The number of nitrogens with one attached hydrogen (secondary N) is 1. The summed E-state index contributed by atoms with van der Waals surface area (Å²) in [5.74, 6) is 0. The van der Waals surface area contributed by atoms with E-state index in [4.69, 9.17) is 5.11 Å². The van der Waals surface area contributed by atoms with Gasteiger partial charge in [-0.2, -0.15) is 0 Å². The molecular weight excluding hydrogens is 364 g/mol. The van der Waals surface area contributed by atoms with Gasteiger partial charge in [-0.3, -0.25) is 0 Å². The molecule has 3 aromatic heterocycles. The Bertz CT molecular complexity index is 875. The third kappa shape index (κ3) is 5.21. The summed E-state index contributed by atoms with van der Waals surface area (Å²) < 4.78 is 4.38. The molecule has 0 fully saturated rings. The Labute approximate surface area is 173 Å². The van der Waals surface area contributed by atoms with Gasteiger partial charge in [-0.1, -0.05) is 0 Å². The van der Waals surface area contributed by atoms with Gasteiger partial charge >= 0.3 is 0 Å². The Morgan fingerprint density at radius 3 is 2.31 bits per heavy atom. The maximum atomic E-state index is 9.49. The van der Waals surface area contributed by atoms with E-state index in [1.54, 1.807) is 0 Å². The van der Waals surface area contributed by atoms with Crippen molar-refractivity contribution in [3.05, 3.63) is 48.4 Å². The highest BCUT2D eigenvalue weighted by Crippen LogP contribution is 2.36. The molecule has 0 aliphatic heterocycles. The molecule has 158 valence electrons. The van der Waals surface area contributed by atoms with Crippen LogP contribution in [0.1, 0.15) is 24.8 Å². The number of H-pyrrole nitrogens is 1. The number of rotatable bonds is 12. The molecule has 3 rings (SSSR count). The molecular formula is C23H34N4O2. The molecule has 0 bridgehead atoms. The maximum absolute atomic E-state index is 9.49. The fourth-order valence-electron chi connectivity index (χ4n) is 3.92. The first-order chi connectivity index (χ1) is 14.2. The average molecular weight is 399 g/mol. The van der Waals surface area contributed by atoms with E-state index in [0.717, 1.165) is 55.9 Å². The number of hydrogen-bond donors (Lipinski definition) is 3. The van der Waals surface area contributed by atoms with Gasteiger partial charge < -0.3 is 29.2 Å². The van der Waals surface area contributed by atoms with Crippen molar-refractivity contribution in [1.82, 2.24) is 19.0 Å². The molecule has 0 aromatic carbocycles. The second-order valence-electron chi connectivity index (χ2n) is 7.80. The molecule has 3 N–H and O–H groups in total. The first kappa shape index (κ1) is 21.4. The molecule has 6 heteroatoms. The Balaban J connectivity index is 1.98. The predicted octanol–water partition coefficient (Wildman–Crippen LogP) is 3.21. The van der Waals surface area contributed by atoms with Crippen molar-refractivity contribution >= 4 is 0 Å². The summed E-state index contributed by atoms with van der Waals surface area (Å²) in [6.07, 6.45) is 10.1. The van der Waals surface area contributed by atoms with Crippen molar-refractivity contribution in [2.45, 2.75) is 38.8 Å². The molecule has 0 aliphatic rings. The molecule has 3 heterocycles. The Morgan fingerprint density at radius 1 is 0.897 bits per heavy atom. The zero-order valence-electron chi connectivity index (χ0n) is 17.6. The number of aromatic amines is 1. The highest BCUT2D eigenvalue weighted by molar-refractivity contribution is 5.81. The lowest BCUT2D eigenvalue weighted by atomic mass is 10.0. The summed E-state index contributed by atoms with van der Waals surface area (Å²) in [5.41, 5.74) is 5.95. The first-order valence-corrected chi connectivity index (χ1v) is 10.5. The number of aromatic nitrogens is 3. The molecule has 0 atom stereocenters. The lowest BCUT2D eigenvalue weighted by molar-refractivity contribution is 0.277. The van der Waals surface area contributed by atoms with Crippen molar-refractivity contribution in [3.8, 4) is 22.6 Å². The topological polar surface area (TPSA) is 69.3 Å². The smallest absolute Gasteiger partial charge is 0.0719 e. The molecule has 0 radical (unpaired) electrons. The highest BCUT2D eigenvalue weighted by Gasteiger charge is 2.19. The van der Waals surface area contributed by atoms with E-state index in [2.05, 4.69) is 63.7 Å². The predicted molar refractivity (Wildman–Crippen MR) is 118 cm³/mol. The van der Waals surface area contributed by atoms with Crippen LogP contribution in [0.2, 0.25) is 0 Å². The van der Waals surface area contributed by atoms with E-state index in [-0.39, 0.29) is 13.2 Å². The van der Waals surface area contributed by atoms with Crippen LogP contribution in [0.25, 0.3) is 22.6 Å². The number of aryl methyl sites for hydroxylation is 2. The number of nitrogens with zero attached hydrogens (tertiary/aromatic N) is 3. The van der Waals surface area contributed by atoms with E-state index in [9.17, 15) is 5.11 Å². The highest BCUT2D eigenvalue weighted by atomic mass is 16.3. The third-order valence-electron chi connectivity index (χ3n) is 5.33. The van der Waals surface area contributed by atoms with Crippen LogP contribution >= 0.6 is 0 Å². The van der Waals surface area contributed by atoms with Gasteiger partial charge in [0.25, 0.3) is 0 Å². The molecule has 0 saturated carbocycles. The maximum Gasteiger partial charge on any atom is 0.0719 e. The quantitative estimate of drug-likeness (QED) is 0.410. The first-order valence-electron chi connectivity index (χ1n) is 10.5. The average Bonchev–Trinajstić information content (AvgIpc) is 3.41. The molecule has 29 heavy (non-hydrogen) atoms. The fraction of sp³-hybridized carbons (Fsp3) is 0.478. The largest absolute Gasteiger partial charge is 0.396 e.